The van der Waals surface area contributed by atoms with Crippen molar-refractivity contribution in [1.29, 1.82) is 0 Å². The second kappa shape index (κ2) is 17.3. The molecular weight excluding hydrogens is 767 g/mol. The zero-order chi connectivity index (χ0) is 41.9. The average molecular weight is 816 g/mol. The van der Waals surface area contributed by atoms with E-state index < -0.39 is 41.5 Å². The SMILES string of the molecule is COc1ccc(C#Cc2ccc3c(c2)C2(C(=O)N3)C(C(=O)N3CCCCCCC3)C3C(=O)OC(c4ccccc4)C(c4ccccc4)N3C2c2cccc(OCCO)c2)cc1. The van der Waals surface area contributed by atoms with Crippen LogP contribution in [0.2, 0.25) is 0 Å². The summed E-state index contributed by atoms with van der Waals surface area (Å²) in [4.78, 5) is 50.7. The lowest BCUT2D eigenvalue weighted by Gasteiger charge is -2.46. The summed E-state index contributed by atoms with van der Waals surface area (Å²) in [7, 11) is 1.62. The number of benzene rings is 5. The third-order valence-electron chi connectivity index (χ3n) is 12.7. The molecule has 4 aliphatic heterocycles. The van der Waals surface area contributed by atoms with Crippen LogP contribution < -0.4 is 14.8 Å². The number of methoxy groups -OCH3 is 1. The van der Waals surface area contributed by atoms with E-state index in [0.717, 1.165) is 54.5 Å². The number of ether oxygens (including phenoxy) is 3. The lowest BCUT2D eigenvalue weighted by molar-refractivity contribution is -0.179. The number of hydrogen-bond acceptors (Lipinski definition) is 8. The molecule has 0 saturated carbocycles. The monoisotopic (exact) mass is 815 g/mol. The molecule has 1 spiro atoms. The van der Waals surface area contributed by atoms with Crippen molar-refractivity contribution in [2.45, 2.75) is 61.7 Å². The maximum Gasteiger partial charge on any atom is 0.324 e. The number of amides is 2. The van der Waals surface area contributed by atoms with E-state index in [1.807, 2.05) is 132 Å². The molecule has 61 heavy (non-hydrogen) atoms. The molecule has 3 saturated heterocycles. The molecule has 2 N–H and O–H groups in total. The number of anilines is 1. The minimum Gasteiger partial charge on any atom is -0.497 e. The third-order valence-corrected chi connectivity index (χ3v) is 12.7. The molecule has 0 aromatic heterocycles. The highest BCUT2D eigenvalue weighted by Crippen LogP contribution is 2.65. The molecule has 6 atom stereocenters. The smallest absolute Gasteiger partial charge is 0.324 e. The summed E-state index contributed by atoms with van der Waals surface area (Å²) < 4.78 is 18.0. The number of esters is 1. The van der Waals surface area contributed by atoms with Crippen LogP contribution in [0, 0.1) is 17.8 Å². The molecule has 0 radical (unpaired) electrons. The molecule has 10 heteroatoms. The van der Waals surface area contributed by atoms with Crippen molar-refractivity contribution >= 4 is 23.5 Å². The molecule has 4 aliphatic rings. The van der Waals surface area contributed by atoms with Crippen molar-refractivity contribution < 1.29 is 33.7 Å². The number of nitrogens with zero attached hydrogens (tertiary/aromatic N) is 2. The van der Waals surface area contributed by atoms with Crippen molar-refractivity contribution in [3.05, 3.63) is 161 Å². The normalized spacial score (nSPS) is 24.6. The van der Waals surface area contributed by atoms with Gasteiger partial charge in [0, 0.05) is 29.9 Å². The van der Waals surface area contributed by atoms with Crippen molar-refractivity contribution in [2.24, 2.45) is 5.92 Å². The quantitative estimate of drug-likeness (QED) is 0.122. The van der Waals surface area contributed by atoms with Gasteiger partial charge in [-0.05, 0) is 89.7 Å². The number of cyclic esters (lactones) is 1. The molecule has 5 aromatic carbocycles. The molecule has 310 valence electrons. The molecule has 10 nitrogen and oxygen atoms in total. The topological polar surface area (TPSA) is 118 Å². The van der Waals surface area contributed by atoms with Crippen LogP contribution in [-0.2, 0) is 24.5 Å². The zero-order valence-electron chi connectivity index (χ0n) is 34.2. The van der Waals surface area contributed by atoms with Crippen molar-refractivity contribution in [3.8, 4) is 23.3 Å². The standard InChI is InChI=1S/C51H49N3O7/c1-59-39-25-22-34(23-26-39)20-21-35-24-27-42-41(32-35)51(50(58)52-42)43(48(56)53-28-11-3-2-4-12-29-53)45-49(57)61-46(37-16-9-6-10-17-37)44(36-14-7-5-8-15-36)54(45)47(51)38-18-13-19-40(33-38)60-31-30-55/h5-10,13-19,22-27,32-33,43-47,55H,2-4,11-12,28-31H2,1H3,(H,52,58). The maximum absolute atomic E-state index is 15.8. The lowest BCUT2D eigenvalue weighted by atomic mass is 9.65. The largest absolute Gasteiger partial charge is 0.497 e. The molecule has 2 amide bonds. The Kier molecular flexibility index (Phi) is 11.3. The van der Waals surface area contributed by atoms with Gasteiger partial charge in [-0.15, -0.1) is 0 Å². The molecular formula is C51H49N3O7. The first-order valence-corrected chi connectivity index (χ1v) is 21.2. The Labute approximate surface area is 356 Å². The van der Waals surface area contributed by atoms with Gasteiger partial charge in [0.25, 0.3) is 0 Å². The predicted octanol–water partition coefficient (Wildman–Crippen LogP) is 7.53. The summed E-state index contributed by atoms with van der Waals surface area (Å²) in [6.07, 6.45) is 3.97. The summed E-state index contributed by atoms with van der Waals surface area (Å²) in [5.74, 6) is 5.45. The molecule has 5 aromatic rings. The molecule has 6 unspecified atom stereocenters. The Bertz CT molecular complexity index is 2460. The number of hydrogen-bond donors (Lipinski definition) is 2. The van der Waals surface area contributed by atoms with E-state index in [1.54, 1.807) is 7.11 Å². The van der Waals surface area contributed by atoms with Crippen LogP contribution >= 0.6 is 0 Å². The molecule has 3 fully saturated rings. The van der Waals surface area contributed by atoms with Crippen molar-refractivity contribution in [3.63, 3.8) is 0 Å². The van der Waals surface area contributed by atoms with Gasteiger partial charge in [-0.3, -0.25) is 19.3 Å². The Morgan fingerprint density at radius 1 is 0.754 bits per heavy atom. The first kappa shape index (κ1) is 40.0. The number of carbonyl (C=O) groups is 3. The van der Waals surface area contributed by atoms with Crippen molar-refractivity contribution in [2.75, 3.05) is 38.7 Å². The number of nitrogens with one attached hydrogen (secondary N) is 1. The summed E-state index contributed by atoms with van der Waals surface area (Å²) in [6, 6.07) is 37.5. The third kappa shape index (κ3) is 7.32. The number of morpholine rings is 1. The van der Waals surface area contributed by atoms with E-state index >= 15 is 14.4 Å². The van der Waals surface area contributed by atoms with E-state index in [1.165, 1.54) is 0 Å². The first-order chi connectivity index (χ1) is 29.9. The zero-order valence-corrected chi connectivity index (χ0v) is 34.2. The average Bonchev–Trinajstić information content (AvgIpc) is 3.76. The number of fused-ring (bicyclic) bond motifs is 3. The number of aliphatic hydroxyl groups is 1. The highest BCUT2D eigenvalue weighted by Gasteiger charge is 2.74. The number of likely N-dealkylation sites (tertiary alicyclic amines) is 1. The highest BCUT2D eigenvalue weighted by molar-refractivity contribution is 6.12. The summed E-state index contributed by atoms with van der Waals surface area (Å²) in [5.41, 5.74) is 3.31. The van der Waals surface area contributed by atoms with E-state index in [0.29, 0.717) is 41.2 Å². The second-order valence-electron chi connectivity index (χ2n) is 16.2. The van der Waals surface area contributed by atoms with Gasteiger partial charge in [-0.1, -0.05) is 104 Å². The van der Waals surface area contributed by atoms with Gasteiger partial charge in [-0.25, -0.2) is 0 Å². The first-order valence-electron chi connectivity index (χ1n) is 21.2. The maximum atomic E-state index is 15.8. The molecule has 9 rings (SSSR count). The van der Waals surface area contributed by atoms with Crippen LogP contribution in [-0.4, -0.2) is 72.1 Å². The van der Waals surface area contributed by atoms with Gasteiger partial charge in [-0.2, -0.15) is 0 Å². The van der Waals surface area contributed by atoms with Gasteiger partial charge in [0.05, 0.1) is 31.7 Å². The summed E-state index contributed by atoms with van der Waals surface area (Å²) >= 11 is 0. The Morgan fingerprint density at radius 2 is 1.41 bits per heavy atom. The fraction of sp³-hybridized carbons (Fsp3) is 0.314. The van der Waals surface area contributed by atoms with Gasteiger partial charge < -0.3 is 29.5 Å². The minimum atomic E-state index is -1.63. The molecule has 4 heterocycles. The van der Waals surface area contributed by atoms with E-state index in [4.69, 9.17) is 14.2 Å². The van der Waals surface area contributed by atoms with Gasteiger partial charge in [0.2, 0.25) is 11.8 Å². The summed E-state index contributed by atoms with van der Waals surface area (Å²) in [5, 5.41) is 12.9. The Balaban J connectivity index is 1.31. The number of rotatable bonds is 8. The van der Waals surface area contributed by atoms with Crippen LogP contribution in [0.1, 0.15) is 83.7 Å². The van der Waals surface area contributed by atoms with E-state index in [-0.39, 0.29) is 25.0 Å². The fourth-order valence-corrected chi connectivity index (χ4v) is 10.1. The number of aliphatic hydroxyl groups excluding tert-OH is 1. The van der Waals surface area contributed by atoms with Crippen LogP contribution in [0.4, 0.5) is 5.69 Å². The van der Waals surface area contributed by atoms with Crippen LogP contribution in [0.5, 0.6) is 11.5 Å². The Hall–Kier alpha value is -6.41. The summed E-state index contributed by atoms with van der Waals surface area (Å²) in [6.45, 7) is 0.934. The van der Waals surface area contributed by atoms with Crippen molar-refractivity contribution in [1.82, 2.24) is 9.80 Å². The minimum absolute atomic E-state index is 0.0657. The van der Waals surface area contributed by atoms with Crippen LogP contribution in [0.3, 0.4) is 0 Å². The van der Waals surface area contributed by atoms with E-state index in [9.17, 15) is 5.11 Å². The predicted molar refractivity (Wildman–Crippen MR) is 231 cm³/mol. The van der Waals surface area contributed by atoms with Crippen LogP contribution in [0.15, 0.2) is 127 Å². The molecule has 0 bridgehead atoms. The van der Waals surface area contributed by atoms with Crippen LogP contribution in [0.25, 0.3) is 0 Å². The Morgan fingerprint density at radius 3 is 2.11 bits per heavy atom. The number of carbonyl (C=O) groups excluding carboxylic acids is 3. The van der Waals surface area contributed by atoms with Gasteiger partial charge in [0.1, 0.15) is 35.7 Å². The van der Waals surface area contributed by atoms with Gasteiger partial charge in [0.15, 0.2) is 0 Å². The molecule has 0 aliphatic carbocycles. The van der Waals surface area contributed by atoms with Gasteiger partial charge >= 0.3 is 5.97 Å². The highest BCUT2D eigenvalue weighted by atomic mass is 16.6. The second-order valence-corrected chi connectivity index (χ2v) is 16.2. The lowest BCUT2D eigenvalue weighted by Crippen LogP contribution is -2.55. The fourth-order valence-electron chi connectivity index (χ4n) is 10.1. The van der Waals surface area contributed by atoms with E-state index in [2.05, 4.69) is 22.1 Å².